The molecule has 2 aromatic rings. The summed E-state index contributed by atoms with van der Waals surface area (Å²) in [7, 11) is 0. The van der Waals surface area contributed by atoms with Gasteiger partial charge in [-0.1, -0.05) is 0 Å². The number of thioether (sulfide) groups is 1. The summed E-state index contributed by atoms with van der Waals surface area (Å²) >= 11 is 1.65. The second-order valence-corrected chi connectivity index (χ2v) is 4.39. The van der Waals surface area contributed by atoms with Gasteiger partial charge in [-0.3, -0.25) is 0 Å². The Kier molecular flexibility index (Phi) is 3.70. The molecule has 0 bridgehead atoms. The fourth-order valence-electron chi connectivity index (χ4n) is 1.39. The summed E-state index contributed by atoms with van der Waals surface area (Å²) in [6.45, 7) is 0. The maximum atomic E-state index is 8.97. The lowest BCUT2D eigenvalue weighted by Gasteiger charge is -2.07. The van der Waals surface area contributed by atoms with Gasteiger partial charge in [-0.05, 0) is 36.6 Å². The number of nitriles is 1. The maximum absolute atomic E-state index is 8.97. The molecule has 0 spiro atoms. The van der Waals surface area contributed by atoms with Crippen molar-refractivity contribution in [1.29, 1.82) is 5.26 Å². The topological polar surface area (TPSA) is 71.9 Å². The van der Waals surface area contributed by atoms with Gasteiger partial charge in [0.25, 0.3) is 0 Å². The molecule has 0 aliphatic carbocycles. The molecular formula is C13H11N3OS. The van der Waals surface area contributed by atoms with Crippen LogP contribution in [0.15, 0.2) is 41.4 Å². The Hall–Kier alpha value is -2.19. The van der Waals surface area contributed by atoms with Crippen LogP contribution in [0.3, 0.4) is 0 Å². The summed E-state index contributed by atoms with van der Waals surface area (Å²) in [4.78, 5) is 5.16. The van der Waals surface area contributed by atoms with Crippen LogP contribution in [0.4, 0.5) is 5.69 Å². The molecule has 0 aliphatic heterocycles. The summed E-state index contributed by atoms with van der Waals surface area (Å²) < 4.78 is 5.56. The van der Waals surface area contributed by atoms with Gasteiger partial charge in [0.1, 0.15) is 17.4 Å². The van der Waals surface area contributed by atoms with Gasteiger partial charge in [0.2, 0.25) is 5.88 Å². The molecular weight excluding hydrogens is 246 g/mol. The Morgan fingerprint density at radius 1 is 1.33 bits per heavy atom. The number of rotatable bonds is 3. The van der Waals surface area contributed by atoms with Crippen LogP contribution in [0.2, 0.25) is 0 Å². The summed E-state index contributed by atoms with van der Waals surface area (Å²) in [6, 6.07) is 11.1. The van der Waals surface area contributed by atoms with E-state index in [1.165, 1.54) is 6.20 Å². The van der Waals surface area contributed by atoms with Crippen LogP contribution in [0.1, 0.15) is 5.56 Å². The normalized spacial score (nSPS) is 9.78. The Bertz CT molecular complexity index is 590. The van der Waals surface area contributed by atoms with Crippen LogP contribution in [0, 0.1) is 11.3 Å². The maximum Gasteiger partial charge on any atom is 0.237 e. The van der Waals surface area contributed by atoms with E-state index in [1.54, 1.807) is 17.8 Å². The predicted octanol–water partition coefficient (Wildman–Crippen LogP) is 3.05. The Balaban J connectivity index is 2.25. The predicted molar refractivity (Wildman–Crippen MR) is 71.7 cm³/mol. The number of ether oxygens (including phenoxy) is 1. The van der Waals surface area contributed by atoms with Gasteiger partial charge in [-0.25, -0.2) is 4.98 Å². The molecule has 0 amide bonds. The number of benzene rings is 1. The molecule has 1 aromatic carbocycles. The molecule has 0 radical (unpaired) electrons. The zero-order valence-electron chi connectivity index (χ0n) is 9.75. The van der Waals surface area contributed by atoms with E-state index in [1.807, 2.05) is 36.6 Å². The largest absolute Gasteiger partial charge is 0.438 e. The van der Waals surface area contributed by atoms with Gasteiger partial charge in [-0.15, -0.1) is 11.8 Å². The van der Waals surface area contributed by atoms with Crippen molar-refractivity contribution in [1.82, 2.24) is 4.98 Å². The van der Waals surface area contributed by atoms with Crippen LogP contribution in [0.5, 0.6) is 11.6 Å². The van der Waals surface area contributed by atoms with E-state index in [9.17, 15) is 0 Å². The first-order valence-electron chi connectivity index (χ1n) is 5.20. The average molecular weight is 257 g/mol. The number of anilines is 1. The molecule has 1 heterocycles. The third-order valence-electron chi connectivity index (χ3n) is 2.27. The number of hydrogen-bond acceptors (Lipinski definition) is 5. The molecule has 0 saturated heterocycles. The average Bonchev–Trinajstić information content (AvgIpc) is 2.41. The highest BCUT2D eigenvalue weighted by molar-refractivity contribution is 7.98. The van der Waals surface area contributed by atoms with Crippen LogP contribution in [0.25, 0.3) is 0 Å². The number of nitrogen functional groups attached to an aromatic ring is 1. The highest BCUT2D eigenvalue weighted by atomic mass is 32.2. The summed E-state index contributed by atoms with van der Waals surface area (Å²) in [5.74, 6) is 0.908. The lowest BCUT2D eigenvalue weighted by molar-refractivity contribution is 0.461. The fourth-order valence-corrected chi connectivity index (χ4v) is 1.79. The van der Waals surface area contributed by atoms with Crippen LogP contribution in [-0.2, 0) is 0 Å². The van der Waals surface area contributed by atoms with E-state index in [4.69, 9.17) is 15.7 Å². The van der Waals surface area contributed by atoms with Crippen molar-refractivity contribution in [2.45, 2.75) is 4.90 Å². The van der Waals surface area contributed by atoms with Gasteiger partial charge in [-0.2, -0.15) is 5.26 Å². The van der Waals surface area contributed by atoms with Crippen molar-refractivity contribution < 1.29 is 4.74 Å². The smallest absolute Gasteiger partial charge is 0.237 e. The van der Waals surface area contributed by atoms with Crippen LogP contribution < -0.4 is 10.5 Å². The minimum absolute atomic E-state index is 0.267. The summed E-state index contributed by atoms with van der Waals surface area (Å²) in [6.07, 6.45) is 3.47. The van der Waals surface area contributed by atoms with Crippen molar-refractivity contribution in [3.8, 4) is 17.7 Å². The molecule has 1 aromatic heterocycles. The highest BCUT2D eigenvalue weighted by Crippen LogP contribution is 2.25. The molecule has 4 nitrogen and oxygen atoms in total. The summed E-state index contributed by atoms with van der Waals surface area (Å²) in [5.41, 5.74) is 6.33. The molecule has 0 unspecified atom stereocenters. The number of pyridine rings is 1. The van der Waals surface area contributed by atoms with Gasteiger partial charge >= 0.3 is 0 Å². The molecule has 18 heavy (non-hydrogen) atoms. The summed E-state index contributed by atoms with van der Waals surface area (Å²) in [5, 5.41) is 8.97. The van der Waals surface area contributed by atoms with Gasteiger partial charge < -0.3 is 10.5 Å². The zero-order chi connectivity index (χ0) is 13.0. The van der Waals surface area contributed by atoms with Crippen molar-refractivity contribution in [3.05, 3.63) is 42.1 Å². The van der Waals surface area contributed by atoms with Gasteiger partial charge in [0, 0.05) is 4.90 Å². The van der Waals surface area contributed by atoms with E-state index < -0.39 is 0 Å². The van der Waals surface area contributed by atoms with Crippen molar-refractivity contribution >= 4 is 17.4 Å². The first-order chi connectivity index (χ1) is 8.72. The van der Waals surface area contributed by atoms with Gasteiger partial charge in [0.05, 0.1) is 11.9 Å². The first kappa shape index (κ1) is 12.3. The standard InChI is InChI=1S/C13H11N3OS/c1-18-12-4-2-11(3-5-12)17-13-9(7-14)6-10(15)8-16-13/h2-6,8H,15H2,1H3. The number of aromatic nitrogens is 1. The fraction of sp³-hybridized carbons (Fsp3) is 0.0769. The van der Waals surface area contributed by atoms with Crippen LogP contribution >= 0.6 is 11.8 Å². The molecule has 0 fully saturated rings. The van der Waals surface area contributed by atoms with E-state index in [2.05, 4.69) is 4.98 Å². The zero-order valence-corrected chi connectivity index (χ0v) is 10.6. The van der Waals surface area contributed by atoms with Crippen molar-refractivity contribution in [2.24, 2.45) is 0 Å². The molecule has 0 atom stereocenters. The van der Waals surface area contributed by atoms with Gasteiger partial charge in [0.15, 0.2) is 0 Å². The van der Waals surface area contributed by atoms with Crippen molar-refractivity contribution in [2.75, 3.05) is 12.0 Å². The van der Waals surface area contributed by atoms with E-state index in [0.29, 0.717) is 17.0 Å². The molecule has 5 heteroatoms. The third kappa shape index (κ3) is 2.73. The van der Waals surface area contributed by atoms with Crippen molar-refractivity contribution in [3.63, 3.8) is 0 Å². The highest BCUT2D eigenvalue weighted by Gasteiger charge is 2.06. The minimum Gasteiger partial charge on any atom is -0.438 e. The SMILES string of the molecule is CSc1ccc(Oc2ncc(N)cc2C#N)cc1. The lowest BCUT2D eigenvalue weighted by atomic mass is 10.3. The molecule has 2 rings (SSSR count). The number of hydrogen-bond donors (Lipinski definition) is 1. The van der Waals surface area contributed by atoms with Crippen LogP contribution in [-0.4, -0.2) is 11.2 Å². The van der Waals surface area contributed by atoms with E-state index >= 15 is 0 Å². The minimum atomic E-state index is 0.267. The Morgan fingerprint density at radius 2 is 2.06 bits per heavy atom. The lowest BCUT2D eigenvalue weighted by Crippen LogP contribution is -1.94. The monoisotopic (exact) mass is 257 g/mol. The quantitative estimate of drug-likeness (QED) is 0.855. The first-order valence-corrected chi connectivity index (χ1v) is 6.43. The second-order valence-electron chi connectivity index (χ2n) is 3.51. The van der Waals surface area contributed by atoms with E-state index in [0.717, 1.165) is 4.90 Å². The molecule has 0 saturated carbocycles. The molecule has 0 aliphatic rings. The number of nitrogens with zero attached hydrogens (tertiary/aromatic N) is 2. The van der Waals surface area contributed by atoms with E-state index in [-0.39, 0.29) is 5.88 Å². The Morgan fingerprint density at radius 3 is 2.67 bits per heavy atom. The second kappa shape index (κ2) is 5.43. The Labute approximate surface area is 109 Å². The molecule has 2 N–H and O–H groups in total. The number of nitrogens with two attached hydrogens (primary N) is 1. The molecule has 90 valence electrons. The third-order valence-corrected chi connectivity index (χ3v) is 3.01.